The van der Waals surface area contributed by atoms with Gasteiger partial charge in [-0.1, -0.05) is 12.1 Å². The molecule has 1 aliphatic heterocycles. The van der Waals surface area contributed by atoms with Gasteiger partial charge >= 0.3 is 5.69 Å². The highest BCUT2D eigenvalue weighted by Gasteiger charge is 2.25. The van der Waals surface area contributed by atoms with E-state index in [0.717, 1.165) is 5.56 Å². The molecular weight excluding hydrogens is 324 g/mol. The molecule has 8 heteroatoms. The van der Waals surface area contributed by atoms with Crippen LogP contribution in [0.1, 0.15) is 33.7 Å². The van der Waals surface area contributed by atoms with Gasteiger partial charge in [0.05, 0.1) is 17.6 Å². The molecule has 1 fully saturated rings. The van der Waals surface area contributed by atoms with Crippen molar-refractivity contribution in [2.24, 2.45) is 0 Å². The lowest BCUT2D eigenvalue weighted by Crippen LogP contribution is -2.29. The second-order valence-electron chi connectivity index (χ2n) is 6.32. The smallest absolute Gasteiger partial charge is 0.312 e. The number of benzene rings is 1. The van der Waals surface area contributed by atoms with Crippen molar-refractivity contribution in [3.63, 3.8) is 0 Å². The third-order valence-corrected chi connectivity index (χ3v) is 4.51. The standard InChI is InChI=1S/C17H20N4O4/c1-11-16(21(24)25)12(2)20(18-11)9-13-3-5-14(6-4-13)17(23)19-8-7-15(22)10-19/h3-6,15,22H,7-10H2,1-2H3/t15-/m0/s1. The molecule has 1 atom stereocenters. The number of nitro groups is 1. The lowest BCUT2D eigenvalue weighted by atomic mass is 10.1. The monoisotopic (exact) mass is 344 g/mol. The molecule has 1 aromatic carbocycles. The van der Waals surface area contributed by atoms with E-state index in [0.29, 0.717) is 43.0 Å². The lowest BCUT2D eigenvalue weighted by Gasteiger charge is -2.15. The Balaban J connectivity index is 1.74. The summed E-state index contributed by atoms with van der Waals surface area (Å²) in [6.45, 7) is 4.63. The SMILES string of the molecule is Cc1nn(Cc2ccc(C(=O)N3CC[C@H](O)C3)cc2)c(C)c1[N+](=O)[O-]. The number of aliphatic hydroxyl groups is 1. The van der Waals surface area contributed by atoms with Crippen LogP contribution in [0.3, 0.4) is 0 Å². The Morgan fingerprint density at radius 3 is 2.56 bits per heavy atom. The third kappa shape index (κ3) is 3.39. The van der Waals surface area contributed by atoms with Crippen LogP contribution in [0, 0.1) is 24.0 Å². The highest BCUT2D eigenvalue weighted by molar-refractivity contribution is 5.94. The Bertz CT molecular complexity index is 813. The van der Waals surface area contributed by atoms with E-state index in [4.69, 9.17) is 0 Å². The van der Waals surface area contributed by atoms with Gasteiger partial charge in [-0.3, -0.25) is 19.6 Å². The summed E-state index contributed by atoms with van der Waals surface area (Å²) in [5.74, 6) is -0.0927. The molecule has 2 heterocycles. The van der Waals surface area contributed by atoms with Crippen molar-refractivity contribution in [3.8, 4) is 0 Å². The maximum Gasteiger partial charge on any atom is 0.312 e. The Labute approximate surface area is 144 Å². The predicted octanol–water partition coefficient (Wildman–Crippen LogP) is 1.66. The van der Waals surface area contributed by atoms with Crippen molar-refractivity contribution in [2.45, 2.75) is 32.9 Å². The van der Waals surface area contributed by atoms with E-state index in [9.17, 15) is 20.0 Å². The molecule has 0 saturated carbocycles. The number of hydrogen-bond donors (Lipinski definition) is 1. The van der Waals surface area contributed by atoms with E-state index >= 15 is 0 Å². The summed E-state index contributed by atoms with van der Waals surface area (Å²) >= 11 is 0. The van der Waals surface area contributed by atoms with Crippen molar-refractivity contribution in [3.05, 3.63) is 56.9 Å². The molecule has 0 spiro atoms. The Kier molecular flexibility index (Phi) is 4.54. The van der Waals surface area contributed by atoms with Crippen LogP contribution in [-0.2, 0) is 6.54 Å². The van der Waals surface area contributed by atoms with Gasteiger partial charge < -0.3 is 10.0 Å². The Morgan fingerprint density at radius 2 is 2.04 bits per heavy atom. The second-order valence-corrected chi connectivity index (χ2v) is 6.32. The minimum absolute atomic E-state index is 0.0411. The fourth-order valence-electron chi connectivity index (χ4n) is 3.14. The minimum Gasteiger partial charge on any atom is -0.391 e. The first-order chi connectivity index (χ1) is 11.9. The summed E-state index contributed by atoms with van der Waals surface area (Å²) in [5, 5.41) is 24.8. The number of nitrogens with zero attached hydrogens (tertiary/aromatic N) is 4. The van der Waals surface area contributed by atoms with E-state index in [1.807, 2.05) is 12.1 Å². The minimum atomic E-state index is -0.440. The number of likely N-dealkylation sites (tertiary alicyclic amines) is 1. The van der Waals surface area contributed by atoms with Crippen LogP contribution in [0.4, 0.5) is 5.69 Å². The van der Waals surface area contributed by atoms with Gasteiger partial charge in [-0.2, -0.15) is 5.10 Å². The number of aliphatic hydroxyl groups excluding tert-OH is 1. The Hall–Kier alpha value is -2.74. The number of aromatic nitrogens is 2. The molecule has 1 aromatic heterocycles. The number of aryl methyl sites for hydroxylation is 1. The molecule has 1 amide bonds. The highest BCUT2D eigenvalue weighted by atomic mass is 16.6. The maximum absolute atomic E-state index is 12.4. The molecule has 25 heavy (non-hydrogen) atoms. The fraction of sp³-hybridized carbons (Fsp3) is 0.412. The first-order valence-electron chi connectivity index (χ1n) is 8.11. The zero-order valence-electron chi connectivity index (χ0n) is 14.2. The molecule has 0 bridgehead atoms. The second kappa shape index (κ2) is 6.64. The summed E-state index contributed by atoms with van der Waals surface area (Å²) in [6.07, 6.45) is 0.172. The summed E-state index contributed by atoms with van der Waals surface area (Å²) in [7, 11) is 0. The molecule has 132 valence electrons. The van der Waals surface area contributed by atoms with Gasteiger partial charge in [-0.25, -0.2) is 0 Å². The van der Waals surface area contributed by atoms with Gasteiger partial charge in [0.2, 0.25) is 0 Å². The van der Waals surface area contributed by atoms with Gasteiger partial charge in [-0.15, -0.1) is 0 Å². The molecule has 0 unspecified atom stereocenters. The van der Waals surface area contributed by atoms with Crippen LogP contribution in [-0.4, -0.2) is 49.8 Å². The lowest BCUT2D eigenvalue weighted by molar-refractivity contribution is -0.386. The molecule has 3 rings (SSSR count). The predicted molar refractivity (Wildman–Crippen MR) is 90.4 cm³/mol. The quantitative estimate of drug-likeness (QED) is 0.671. The number of hydrogen-bond acceptors (Lipinski definition) is 5. The average molecular weight is 344 g/mol. The third-order valence-electron chi connectivity index (χ3n) is 4.51. The molecule has 8 nitrogen and oxygen atoms in total. The van der Waals surface area contributed by atoms with Gasteiger partial charge in [-0.05, 0) is 38.0 Å². The van der Waals surface area contributed by atoms with Crippen LogP contribution in [0.5, 0.6) is 0 Å². The number of carbonyl (C=O) groups is 1. The summed E-state index contributed by atoms with van der Waals surface area (Å²) in [6, 6.07) is 7.12. The van der Waals surface area contributed by atoms with Crippen molar-refractivity contribution in [2.75, 3.05) is 13.1 Å². The van der Waals surface area contributed by atoms with Gasteiger partial charge in [0, 0.05) is 18.7 Å². The first-order valence-corrected chi connectivity index (χ1v) is 8.11. The van der Waals surface area contributed by atoms with Crippen LogP contribution >= 0.6 is 0 Å². The normalized spacial score (nSPS) is 17.1. The number of rotatable bonds is 4. The van der Waals surface area contributed by atoms with E-state index in [-0.39, 0.29) is 11.6 Å². The molecule has 2 aromatic rings. The highest BCUT2D eigenvalue weighted by Crippen LogP contribution is 2.22. The van der Waals surface area contributed by atoms with Gasteiger partial charge in [0.25, 0.3) is 5.91 Å². The molecular formula is C17H20N4O4. The molecule has 0 aliphatic carbocycles. The van der Waals surface area contributed by atoms with E-state index < -0.39 is 11.0 Å². The zero-order chi connectivity index (χ0) is 18.1. The first kappa shape index (κ1) is 17.1. The summed E-state index contributed by atoms with van der Waals surface area (Å²) in [5.41, 5.74) is 2.41. The van der Waals surface area contributed by atoms with Crippen molar-refractivity contribution in [1.82, 2.24) is 14.7 Å². The van der Waals surface area contributed by atoms with Gasteiger partial charge in [0.1, 0.15) is 11.4 Å². The van der Waals surface area contributed by atoms with E-state index in [2.05, 4.69) is 5.10 Å². The van der Waals surface area contributed by atoms with Crippen molar-refractivity contribution < 1.29 is 14.8 Å². The molecule has 0 radical (unpaired) electrons. The largest absolute Gasteiger partial charge is 0.391 e. The topological polar surface area (TPSA) is 102 Å². The van der Waals surface area contributed by atoms with Crippen molar-refractivity contribution in [1.29, 1.82) is 0 Å². The van der Waals surface area contributed by atoms with Crippen LogP contribution in [0.15, 0.2) is 24.3 Å². The molecule has 1 aliphatic rings. The van der Waals surface area contributed by atoms with E-state index in [1.165, 1.54) is 0 Å². The number of β-amino-alcohol motifs (C(OH)–C–C–N with tert-alkyl or cyclic N) is 1. The van der Waals surface area contributed by atoms with Crippen LogP contribution in [0.2, 0.25) is 0 Å². The molecule has 1 N–H and O–H groups in total. The summed E-state index contributed by atoms with van der Waals surface area (Å²) < 4.78 is 1.60. The number of carbonyl (C=O) groups excluding carboxylic acids is 1. The van der Waals surface area contributed by atoms with Crippen molar-refractivity contribution >= 4 is 11.6 Å². The van der Waals surface area contributed by atoms with Crippen LogP contribution in [0.25, 0.3) is 0 Å². The zero-order valence-corrected chi connectivity index (χ0v) is 14.2. The summed E-state index contributed by atoms with van der Waals surface area (Å²) in [4.78, 5) is 24.7. The maximum atomic E-state index is 12.4. The fourth-order valence-corrected chi connectivity index (χ4v) is 3.14. The van der Waals surface area contributed by atoms with Crippen LogP contribution < -0.4 is 0 Å². The molecule has 1 saturated heterocycles. The van der Waals surface area contributed by atoms with Gasteiger partial charge in [0.15, 0.2) is 0 Å². The van der Waals surface area contributed by atoms with E-state index in [1.54, 1.807) is 35.6 Å². The average Bonchev–Trinajstić information content (AvgIpc) is 3.11. The Morgan fingerprint density at radius 1 is 1.36 bits per heavy atom. The number of amides is 1.